The molecule has 0 aliphatic heterocycles. The Hall–Kier alpha value is -3.87. The van der Waals surface area contributed by atoms with Crippen LogP contribution in [0, 0.1) is 0 Å². The lowest BCUT2D eigenvalue weighted by Gasteiger charge is -2.23. The first-order valence-electron chi connectivity index (χ1n) is 11.3. The zero-order valence-electron chi connectivity index (χ0n) is 19.6. The van der Waals surface area contributed by atoms with E-state index in [1.807, 2.05) is 18.2 Å². The van der Waals surface area contributed by atoms with Gasteiger partial charge in [-0.15, -0.1) is 0 Å². The number of unbranched alkanes of at least 4 members (excludes halogenated alkanes) is 1. The van der Waals surface area contributed by atoms with Crippen molar-refractivity contribution in [2.75, 3.05) is 13.1 Å². The maximum atomic E-state index is 13.0. The number of nitrogens with two attached hydrogens (primary N) is 4. The van der Waals surface area contributed by atoms with E-state index in [0.29, 0.717) is 32.2 Å². The van der Waals surface area contributed by atoms with E-state index >= 15 is 0 Å². The maximum Gasteiger partial charge on any atom is 0.404 e. The number of nitrogens with zero attached hydrogens (tertiary/aromatic N) is 1. The summed E-state index contributed by atoms with van der Waals surface area (Å²) in [6, 6.07) is 6.19. The molecule has 13 nitrogen and oxygen atoms in total. The van der Waals surface area contributed by atoms with E-state index in [4.69, 9.17) is 28.0 Å². The van der Waals surface area contributed by atoms with Crippen LogP contribution in [-0.4, -0.2) is 66.1 Å². The Bertz CT molecular complexity index is 861. The molecule has 0 aromatic heterocycles. The summed E-state index contributed by atoms with van der Waals surface area (Å²) in [6.45, 7) is 0.530. The van der Waals surface area contributed by atoms with E-state index in [0.717, 1.165) is 5.56 Å². The van der Waals surface area contributed by atoms with Crippen LogP contribution in [-0.2, 0) is 20.8 Å². The second-order valence-electron chi connectivity index (χ2n) is 8.00. The molecule has 0 aliphatic rings. The zero-order valence-corrected chi connectivity index (χ0v) is 19.6. The smallest absolute Gasteiger partial charge is 0.404 e. The molecule has 4 amide bonds. The van der Waals surface area contributed by atoms with Crippen molar-refractivity contribution in [3.63, 3.8) is 0 Å². The Balaban J connectivity index is 2.78. The Morgan fingerprint density at radius 3 is 2.14 bits per heavy atom. The van der Waals surface area contributed by atoms with Crippen molar-refractivity contribution in [1.82, 2.24) is 16.0 Å². The number of amides is 4. The predicted octanol–water partition coefficient (Wildman–Crippen LogP) is -1.50. The van der Waals surface area contributed by atoms with Crippen molar-refractivity contribution in [1.29, 1.82) is 0 Å². The maximum absolute atomic E-state index is 13.0. The van der Waals surface area contributed by atoms with Crippen LogP contribution in [0.3, 0.4) is 0 Å². The molecule has 13 heteroatoms. The van der Waals surface area contributed by atoms with E-state index < -0.39 is 41.9 Å². The number of carboxylic acid groups (broad SMARTS) is 1. The molecule has 0 saturated heterocycles. The van der Waals surface area contributed by atoms with Crippen molar-refractivity contribution in [2.45, 2.75) is 56.7 Å². The molecule has 0 fully saturated rings. The topological polar surface area (TPSA) is 241 Å². The number of carbonyl (C=O) groups excluding carboxylic acids is 3. The first-order chi connectivity index (χ1) is 16.6. The largest absolute Gasteiger partial charge is 0.465 e. The number of nitrogens with one attached hydrogen (secondary N) is 3. The molecule has 0 saturated carbocycles. The number of hydrogen-bond donors (Lipinski definition) is 8. The molecule has 0 spiro atoms. The summed E-state index contributed by atoms with van der Waals surface area (Å²) in [5.41, 5.74) is 22.7. The van der Waals surface area contributed by atoms with Gasteiger partial charge in [-0.05, 0) is 37.7 Å². The van der Waals surface area contributed by atoms with E-state index in [9.17, 15) is 19.2 Å². The summed E-state index contributed by atoms with van der Waals surface area (Å²) >= 11 is 0. The third-order valence-corrected chi connectivity index (χ3v) is 5.08. The van der Waals surface area contributed by atoms with Gasteiger partial charge in [-0.1, -0.05) is 30.3 Å². The van der Waals surface area contributed by atoms with E-state index in [2.05, 4.69) is 20.9 Å². The lowest BCUT2D eigenvalue weighted by atomic mass is 10.0. The fraction of sp³-hybridized carbons (Fsp3) is 0.500. The van der Waals surface area contributed by atoms with Gasteiger partial charge in [-0.25, -0.2) is 4.79 Å². The third-order valence-electron chi connectivity index (χ3n) is 5.08. The lowest BCUT2D eigenvalue weighted by molar-refractivity contribution is -0.131. The molecule has 12 N–H and O–H groups in total. The minimum atomic E-state index is -1.14. The second-order valence-corrected chi connectivity index (χ2v) is 8.00. The molecule has 194 valence electrons. The highest BCUT2D eigenvalue weighted by atomic mass is 16.4. The number of primary amides is 1. The average molecular weight is 493 g/mol. The summed E-state index contributed by atoms with van der Waals surface area (Å²) < 4.78 is 0. The predicted molar refractivity (Wildman–Crippen MR) is 131 cm³/mol. The highest BCUT2D eigenvalue weighted by Gasteiger charge is 2.27. The molecule has 0 radical (unpaired) electrons. The van der Waals surface area contributed by atoms with Gasteiger partial charge in [0.1, 0.15) is 12.1 Å². The third kappa shape index (κ3) is 12.8. The van der Waals surface area contributed by atoms with Crippen molar-refractivity contribution in [3.05, 3.63) is 35.9 Å². The van der Waals surface area contributed by atoms with Gasteiger partial charge in [-0.3, -0.25) is 19.4 Å². The molecule has 1 aromatic rings. The zero-order chi connectivity index (χ0) is 26.2. The van der Waals surface area contributed by atoms with Crippen LogP contribution in [0.4, 0.5) is 4.79 Å². The first-order valence-corrected chi connectivity index (χ1v) is 11.3. The normalized spacial score (nSPS) is 13.1. The van der Waals surface area contributed by atoms with Crippen LogP contribution < -0.4 is 38.9 Å². The summed E-state index contributed by atoms with van der Waals surface area (Å²) in [6.07, 6.45) is 0.944. The average Bonchev–Trinajstić information content (AvgIpc) is 2.80. The molecule has 0 heterocycles. The fourth-order valence-corrected chi connectivity index (χ4v) is 3.21. The number of hydrogen-bond acceptors (Lipinski definition) is 6. The molecule has 1 aromatic carbocycles. The van der Waals surface area contributed by atoms with Gasteiger partial charge in [0.25, 0.3) is 0 Å². The van der Waals surface area contributed by atoms with E-state index in [1.54, 1.807) is 12.1 Å². The van der Waals surface area contributed by atoms with Gasteiger partial charge in [-0.2, -0.15) is 0 Å². The number of rotatable bonds is 16. The van der Waals surface area contributed by atoms with Crippen molar-refractivity contribution >= 4 is 29.8 Å². The fourth-order valence-electron chi connectivity index (χ4n) is 3.21. The van der Waals surface area contributed by atoms with Gasteiger partial charge in [0.2, 0.25) is 17.7 Å². The number of carbonyl (C=O) groups is 4. The monoisotopic (exact) mass is 492 g/mol. The SMILES string of the molecule is NC(=O)C(CCCCNC(=O)O)NC(=O)C(Cc1ccccc1)NC(=O)C(N)CCCN=C(N)N. The molecule has 0 bridgehead atoms. The number of aliphatic imine (C=N–C) groups is 1. The molecule has 3 unspecified atom stereocenters. The number of guanidine groups is 1. The second kappa shape index (κ2) is 15.9. The van der Waals surface area contributed by atoms with Gasteiger partial charge >= 0.3 is 6.09 Å². The van der Waals surface area contributed by atoms with Gasteiger partial charge in [0, 0.05) is 19.5 Å². The summed E-state index contributed by atoms with van der Waals surface area (Å²) in [5.74, 6) is -1.89. The Morgan fingerprint density at radius 1 is 0.886 bits per heavy atom. The van der Waals surface area contributed by atoms with Crippen LogP contribution in [0.25, 0.3) is 0 Å². The van der Waals surface area contributed by atoms with Gasteiger partial charge in [0.15, 0.2) is 5.96 Å². The van der Waals surface area contributed by atoms with Crippen LogP contribution in [0.2, 0.25) is 0 Å². The molecule has 0 aliphatic carbocycles. The Kier molecular flexibility index (Phi) is 13.2. The van der Waals surface area contributed by atoms with Gasteiger partial charge < -0.3 is 44.0 Å². The molecular weight excluding hydrogens is 456 g/mol. The Labute approximate surface area is 204 Å². The van der Waals surface area contributed by atoms with Crippen LogP contribution in [0.5, 0.6) is 0 Å². The highest BCUT2D eigenvalue weighted by molar-refractivity contribution is 5.92. The number of benzene rings is 1. The van der Waals surface area contributed by atoms with Crippen molar-refractivity contribution in [3.8, 4) is 0 Å². The molecule has 1 rings (SSSR count). The minimum absolute atomic E-state index is 0.0511. The van der Waals surface area contributed by atoms with E-state index in [-0.39, 0.29) is 25.3 Å². The molecular formula is C22H36N8O5. The quantitative estimate of drug-likeness (QED) is 0.0765. The summed E-state index contributed by atoms with van der Waals surface area (Å²) in [4.78, 5) is 51.9. The van der Waals surface area contributed by atoms with Crippen LogP contribution in [0.1, 0.15) is 37.7 Å². The summed E-state index contributed by atoms with van der Waals surface area (Å²) in [7, 11) is 0. The first kappa shape index (κ1) is 29.2. The van der Waals surface area contributed by atoms with E-state index in [1.165, 1.54) is 0 Å². The standard InChI is InChI=1S/C22H36N8O5/c23-15(9-6-12-27-21(25)26)19(32)30-17(13-14-7-2-1-3-8-14)20(33)29-16(18(24)31)10-4-5-11-28-22(34)35/h1-3,7-8,15-17,28H,4-6,9-13,23H2,(H2,24,31)(H,29,33)(H,30,32)(H,34,35)(H4,25,26,27). The van der Waals surface area contributed by atoms with Crippen molar-refractivity contribution < 1.29 is 24.3 Å². The van der Waals surface area contributed by atoms with Gasteiger partial charge in [0.05, 0.1) is 6.04 Å². The van der Waals surface area contributed by atoms with Crippen molar-refractivity contribution in [2.24, 2.45) is 27.9 Å². The lowest BCUT2D eigenvalue weighted by Crippen LogP contribution is -2.56. The summed E-state index contributed by atoms with van der Waals surface area (Å²) in [5, 5.41) is 16.1. The van der Waals surface area contributed by atoms with Crippen LogP contribution >= 0.6 is 0 Å². The van der Waals surface area contributed by atoms with Crippen LogP contribution in [0.15, 0.2) is 35.3 Å². The molecule has 3 atom stereocenters. The minimum Gasteiger partial charge on any atom is -0.465 e. The Morgan fingerprint density at radius 2 is 1.54 bits per heavy atom. The highest BCUT2D eigenvalue weighted by Crippen LogP contribution is 2.07. The molecule has 35 heavy (non-hydrogen) atoms.